The van der Waals surface area contributed by atoms with Gasteiger partial charge in [0.1, 0.15) is 5.82 Å². The second-order valence-corrected chi connectivity index (χ2v) is 5.80. The molecule has 94 valence electrons. The molecule has 4 rings (SSSR count). The minimum atomic E-state index is 0.396. The molecule has 1 saturated heterocycles. The predicted octanol–water partition coefficient (Wildman–Crippen LogP) is 2.48. The molecule has 0 bridgehead atoms. The van der Waals surface area contributed by atoms with Crippen molar-refractivity contribution in [2.75, 3.05) is 11.4 Å². The topological polar surface area (TPSA) is 57.7 Å². The minimum absolute atomic E-state index is 0.396. The standard InChI is InChI=1S/C12H15N5S/c1-2-10(9-5-6-13-15-9)17(7-1)12-14-11(16-18-12)8-3-4-8/h5-6,8,10H,1-4,7H2,(H,13,15). The zero-order chi connectivity index (χ0) is 11.9. The molecule has 0 radical (unpaired) electrons. The van der Waals surface area contributed by atoms with Gasteiger partial charge in [-0.15, -0.1) is 0 Å². The van der Waals surface area contributed by atoms with Crippen molar-refractivity contribution in [2.24, 2.45) is 0 Å². The summed E-state index contributed by atoms with van der Waals surface area (Å²) in [6, 6.07) is 2.46. The van der Waals surface area contributed by atoms with Crippen LogP contribution in [0.15, 0.2) is 12.3 Å². The zero-order valence-electron chi connectivity index (χ0n) is 10.0. The summed E-state index contributed by atoms with van der Waals surface area (Å²) in [5, 5.41) is 8.22. The highest BCUT2D eigenvalue weighted by Gasteiger charge is 2.32. The number of aromatic nitrogens is 4. The van der Waals surface area contributed by atoms with Crippen LogP contribution in [0.4, 0.5) is 5.13 Å². The van der Waals surface area contributed by atoms with Crippen LogP contribution >= 0.6 is 11.5 Å². The fourth-order valence-corrected chi connectivity index (χ4v) is 3.44. The molecule has 2 fully saturated rings. The molecule has 1 saturated carbocycles. The molecule has 3 heterocycles. The molecule has 1 atom stereocenters. The molecule has 1 N–H and O–H groups in total. The van der Waals surface area contributed by atoms with Gasteiger partial charge in [-0.05, 0) is 31.7 Å². The Hall–Kier alpha value is -1.43. The summed E-state index contributed by atoms with van der Waals surface area (Å²) in [5.41, 5.74) is 1.19. The summed E-state index contributed by atoms with van der Waals surface area (Å²) in [5.74, 6) is 1.70. The average molecular weight is 261 g/mol. The Morgan fingerprint density at radius 1 is 1.33 bits per heavy atom. The molecule has 0 spiro atoms. The highest BCUT2D eigenvalue weighted by atomic mass is 32.1. The van der Waals surface area contributed by atoms with Crippen LogP contribution in [-0.4, -0.2) is 26.1 Å². The van der Waals surface area contributed by atoms with Gasteiger partial charge in [-0.25, -0.2) is 4.98 Å². The molecule has 2 aromatic rings. The largest absolute Gasteiger partial charge is 0.338 e. The van der Waals surface area contributed by atoms with E-state index in [1.165, 1.54) is 31.4 Å². The number of rotatable bonds is 3. The third-order valence-corrected chi connectivity index (χ3v) is 4.52. The van der Waals surface area contributed by atoms with Crippen molar-refractivity contribution in [3.63, 3.8) is 0 Å². The lowest BCUT2D eigenvalue weighted by Gasteiger charge is -2.22. The number of hydrogen-bond donors (Lipinski definition) is 1. The first-order valence-electron chi connectivity index (χ1n) is 6.51. The van der Waals surface area contributed by atoms with Gasteiger partial charge in [-0.2, -0.15) is 9.47 Å². The molecule has 2 aromatic heterocycles. The average Bonchev–Trinajstić information content (AvgIpc) is 2.91. The molecule has 1 aliphatic heterocycles. The van der Waals surface area contributed by atoms with Crippen LogP contribution in [0.1, 0.15) is 49.2 Å². The van der Waals surface area contributed by atoms with E-state index in [1.807, 2.05) is 6.20 Å². The van der Waals surface area contributed by atoms with Crippen LogP contribution < -0.4 is 4.90 Å². The van der Waals surface area contributed by atoms with Gasteiger partial charge in [-0.3, -0.25) is 5.10 Å². The number of aromatic amines is 1. The monoisotopic (exact) mass is 261 g/mol. The van der Waals surface area contributed by atoms with E-state index < -0.39 is 0 Å². The van der Waals surface area contributed by atoms with E-state index in [1.54, 1.807) is 11.5 Å². The number of nitrogens with one attached hydrogen (secondary N) is 1. The molecule has 0 aromatic carbocycles. The van der Waals surface area contributed by atoms with E-state index in [9.17, 15) is 0 Å². The van der Waals surface area contributed by atoms with Gasteiger partial charge in [0.2, 0.25) is 5.13 Å². The van der Waals surface area contributed by atoms with Crippen molar-refractivity contribution in [1.29, 1.82) is 0 Å². The van der Waals surface area contributed by atoms with E-state index >= 15 is 0 Å². The summed E-state index contributed by atoms with van der Waals surface area (Å²) in [6.45, 7) is 1.07. The highest BCUT2D eigenvalue weighted by molar-refractivity contribution is 7.09. The Morgan fingerprint density at radius 2 is 2.28 bits per heavy atom. The first-order chi connectivity index (χ1) is 8.92. The molecule has 1 unspecified atom stereocenters. The fraction of sp³-hybridized carbons (Fsp3) is 0.583. The van der Waals surface area contributed by atoms with Crippen LogP contribution in [0.2, 0.25) is 0 Å². The third-order valence-electron chi connectivity index (χ3n) is 3.75. The molecule has 0 amide bonds. The first-order valence-corrected chi connectivity index (χ1v) is 7.28. The number of anilines is 1. The normalized spacial score (nSPS) is 23.8. The van der Waals surface area contributed by atoms with Gasteiger partial charge in [0, 0.05) is 30.2 Å². The molecular weight excluding hydrogens is 246 g/mol. The molecule has 2 aliphatic rings. The minimum Gasteiger partial charge on any atom is -0.338 e. The summed E-state index contributed by atoms with van der Waals surface area (Å²) < 4.78 is 4.50. The maximum Gasteiger partial charge on any atom is 0.205 e. The second-order valence-electron chi connectivity index (χ2n) is 5.07. The Balaban J connectivity index is 1.61. The van der Waals surface area contributed by atoms with Crippen molar-refractivity contribution in [3.8, 4) is 0 Å². The maximum absolute atomic E-state index is 4.71. The Kier molecular flexibility index (Phi) is 2.36. The van der Waals surface area contributed by atoms with Gasteiger partial charge in [0.05, 0.1) is 11.7 Å². The summed E-state index contributed by atoms with van der Waals surface area (Å²) in [6.07, 6.45) is 6.73. The molecule has 6 heteroatoms. The number of H-pyrrole nitrogens is 1. The van der Waals surface area contributed by atoms with E-state index in [2.05, 4.69) is 25.5 Å². The quantitative estimate of drug-likeness (QED) is 0.922. The van der Waals surface area contributed by atoms with E-state index in [4.69, 9.17) is 4.98 Å². The van der Waals surface area contributed by atoms with Crippen LogP contribution in [0.5, 0.6) is 0 Å². The zero-order valence-corrected chi connectivity index (χ0v) is 10.9. The van der Waals surface area contributed by atoms with Crippen LogP contribution in [-0.2, 0) is 0 Å². The predicted molar refractivity (Wildman–Crippen MR) is 69.8 cm³/mol. The Morgan fingerprint density at radius 3 is 3.06 bits per heavy atom. The summed E-state index contributed by atoms with van der Waals surface area (Å²) in [7, 11) is 0. The van der Waals surface area contributed by atoms with Gasteiger partial charge in [0.25, 0.3) is 0 Å². The van der Waals surface area contributed by atoms with Gasteiger partial charge >= 0.3 is 0 Å². The van der Waals surface area contributed by atoms with E-state index in [-0.39, 0.29) is 0 Å². The summed E-state index contributed by atoms with van der Waals surface area (Å²) in [4.78, 5) is 7.09. The molecule has 18 heavy (non-hydrogen) atoms. The smallest absolute Gasteiger partial charge is 0.205 e. The Labute approximate surface area is 109 Å². The SMILES string of the molecule is c1cc(C2CCCN2c2nc(C3CC3)ns2)[nH]n1. The van der Waals surface area contributed by atoms with Crippen molar-refractivity contribution in [1.82, 2.24) is 19.6 Å². The Bertz CT molecular complexity index is 530. The summed E-state index contributed by atoms with van der Waals surface area (Å²) >= 11 is 1.55. The number of nitrogens with zero attached hydrogens (tertiary/aromatic N) is 4. The highest BCUT2D eigenvalue weighted by Crippen LogP contribution is 2.42. The third kappa shape index (κ3) is 1.71. The van der Waals surface area contributed by atoms with Crippen LogP contribution in [0, 0.1) is 0 Å². The lowest BCUT2D eigenvalue weighted by Crippen LogP contribution is -2.22. The molecular formula is C12H15N5S. The lowest BCUT2D eigenvalue weighted by atomic mass is 10.1. The molecule has 1 aliphatic carbocycles. The van der Waals surface area contributed by atoms with E-state index in [0.717, 1.165) is 17.5 Å². The van der Waals surface area contributed by atoms with Gasteiger partial charge in [-0.1, -0.05) is 0 Å². The van der Waals surface area contributed by atoms with Crippen molar-refractivity contribution >= 4 is 16.7 Å². The maximum atomic E-state index is 4.71. The first kappa shape index (κ1) is 10.5. The van der Waals surface area contributed by atoms with Crippen molar-refractivity contribution < 1.29 is 0 Å². The van der Waals surface area contributed by atoms with Gasteiger partial charge in [0.15, 0.2) is 0 Å². The fourth-order valence-electron chi connectivity index (χ4n) is 2.62. The van der Waals surface area contributed by atoms with E-state index in [0.29, 0.717) is 12.0 Å². The molecule has 5 nitrogen and oxygen atoms in total. The van der Waals surface area contributed by atoms with Crippen molar-refractivity contribution in [3.05, 3.63) is 23.8 Å². The van der Waals surface area contributed by atoms with Gasteiger partial charge < -0.3 is 4.90 Å². The lowest BCUT2D eigenvalue weighted by molar-refractivity contribution is 0.687. The number of hydrogen-bond acceptors (Lipinski definition) is 5. The second kappa shape index (κ2) is 4.05. The van der Waals surface area contributed by atoms with Crippen molar-refractivity contribution in [2.45, 2.75) is 37.6 Å². The van der Waals surface area contributed by atoms with Crippen LogP contribution in [0.3, 0.4) is 0 Å². The van der Waals surface area contributed by atoms with Crippen LogP contribution in [0.25, 0.3) is 0 Å².